The highest BCUT2D eigenvalue weighted by Crippen LogP contribution is 2.21. The van der Waals surface area contributed by atoms with Gasteiger partial charge in [-0.2, -0.15) is 0 Å². The first-order valence-corrected chi connectivity index (χ1v) is 10.3. The molecule has 3 amide bonds. The van der Waals surface area contributed by atoms with E-state index < -0.39 is 0 Å². The first kappa shape index (κ1) is 21.9. The third-order valence-corrected chi connectivity index (χ3v) is 5.08. The molecule has 0 spiro atoms. The summed E-state index contributed by atoms with van der Waals surface area (Å²) in [6, 6.07) is 7.04. The normalized spacial score (nSPS) is 15.0. The first-order valence-electron chi connectivity index (χ1n) is 10.3. The van der Waals surface area contributed by atoms with Gasteiger partial charge in [0.2, 0.25) is 11.8 Å². The molecule has 0 bridgehead atoms. The van der Waals surface area contributed by atoms with Crippen LogP contribution in [0.3, 0.4) is 0 Å². The second-order valence-electron chi connectivity index (χ2n) is 8.26. The van der Waals surface area contributed by atoms with Crippen molar-refractivity contribution in [3.63, 3.8) is 0 Å². The Bertz CT molecular complexity index is 692. The van der Waals surface area contributed by atoms with Gasteiger partial charge >= 0.3 is 0 Å². The topological polar surface area (TPSA) is 78.5 Å². The number of hydrogen-bond acceptors (Lipinski definition) is 3. The van der Waals surface area contributed by atoms with E-state index in [-0.39, 0.29) is 29.6 Å². The van der Waals surface area contributed by atoms with Crippen molar-refractivity contribution in [2.75, 3.05) is 25.0 Å². The molecular formula is C22H33N3O3. The van der Waals surface area contributed by atoms with Gasteiger partial charge in [0, 0.05) is 42.7 Å². The number of benzene rings is 1. The fourth-order valence-corrected chi connectivity index (χ4v) is 3.17. The summed E-state index contributed by atoms with van der Waals surface area (Å²) in [5.74, 6) is 0.401. The smallest absolute Gasteiger partial charge is 0.253 e. The molecule has 28 heavy (non-hydrogen) atoms. The van der Waals surface area contributed by atoms with Gasteiger partial charge in [-0.15, -0.1) is 0 Å². The van der Waals surface area contributed by atoms with E-state index in [1.165, 1.54) is 0 Å². The number of likely N-dealkylation sites (tertiary alicyclic amines) is 1. The fraction of sp³-hybridized carbons (Fsp3) is 0.591. The summed E-state index contributed by atoms with van der Waals surface area (Å²) in [5.41, 5.74) is 1.19. The summed E-state index contributed by atoms with van der Waals surface area (Å²) in [6.45, 7) is 9.79. The van der Waals surface area contributed by atoms with Gasteiger partial charge in [0.15, 0.2) is 0 Å². The van der Waals surface area contributed by atoms with E-state index in [2.05, 4.69) is 24.5 Å². The summed E-state index contributed by atoms with van der Waals surface area (Å²) in [4.78, 5) is 38.7. The minimum atomic E-state index is -0.120. The molecule has 1 fully saturated rings. The molecule has 0 unspecified atom stereocenters. The lowest BCUT2D eigenvalue weighted by molar-refractivity contribution is -0.126. The quantitative estimate of drug-likeness (QED) is 0.753. The van der Waals surface area contributed by atoms with Crippen LogP contribution in [0, 0.1) is 17.8 Å². The van der Waals surface area contributed by atoms with Crippen molar-refractivity contribution >= 4 is 23.4 Å². The lowest BCUT2D eigenvalue weighted by Gasteiger charge is -2.31. The number of carbonyl (C=O) groups is 3. The van der Waals surface area contributed by atoms with Crippen LogP contribution in [-0.4, -0.2) is 42.3 Å². The summed E-state index contributed by atoms with van der Waals surface area (Å²) in [6.07, 6.45) is 2.35. The third-order valence-electron chi connectivity index (χ3n) is 5.08. The van der Waals surface area contributed by atoms with Crippen molar-refractivity contribution in [1.82, 2.24) is 10.2 Å². The van der Waals surface area contributed by atoms with Crippen LogP contribution < -0.4 is 10.6 Å². The largest absolute Gasteiger partial charge is 0.356 e. The van der Waals surface area contributed by atoms with E-state index in [4.69, 9.17) is 0 Å². The predicted octanol–water partition coefficient (Wildman–Crippen LogP) is 3.30. The van der Waals surface area contributed by atoms with E-state index in [0.717, 1.165) is 6.42 Å². The van der Waals surface area contributed by atoms with Gasteiger partial charge in [0.05, 0.1) is 0 Å². The van der Waals surface area contributed by atoms with Gasteiger partial charge in [-0.3, -0.25) is 14.4 Å². The number of hydrogen-bond donors (Lipinski definition) is 2. The Morgan fingerprint density at radius 2 is 1.79 bits per heavy atom. The van der Waals surface area contributed by atoms with Crippen LogP contribution in [0.2, 0.25) is 0 Å². The molecule has 2 N–H and O–H groups in total. The van der Waals surface area contributed by atoms with Gasteiger partial charge in [0.1, 0.15) is 0 Å². The van der Waals surface area contributed by atoms with Crippen LogP contribution in [0.1, 0.15) is 57.3 Å². The molecule has 0 aromatic heterocycles. The average molecular weight is 388 g/mol. The third kappa shape index (κ3) is 6.36. The highest BCUT2D eigenvalue weighted by Gasteiger charge is 2.27. The number of nitrogens with one attached hydrogen (secondary N) is 2. The monoisotopic (exact) mass is 387 g/mol. The maximum Gasteiger partial charge on any atom is 0.253 e. The van der Waals surface area contributed by atoms with E-state index >= 15 is 0 Å². The molecule has 1 heterocycles. The second kappa shape index (κ2) is 10.2. The molecule has 154 valence electrons. The van der Waals surface area contributed by atoms with Crippen LogP contribution in [0.4, 0.5) is 5.69 Å². The maximum atomic E-state index is 12.8. The predicted molar refractivity (Wildman–Crippen MR) is 111 cm³/mol. The summed E-state index contributed by atoms with van der Waals surface area (Å²) >= 11 is 0. The summed E-state index contributed by atoms with van der Waals surface area (Å²) in [5, 5.41) is 5.84. The van der Waals surface area contributed by atoms with E-state index in [1.54, 1.807) is 29.2 Å². The molecule has 0 aliphatic carbocycles. The number of rotatable bonds is 7. The SMILES string of the molecule is CC(C)CCNC(=O)C1CCN(C(=O)c2cccc(NC(=O)C(C)C)c2)CC1. The minimum Gasteiger partial charge on any atom is -0.356 e. The molecule has 1 aromatic rings. The zero-order chi connectivity index (χ0) is 20.7. The minimum absolute atomic E-state index is 0.0205. The molecule has 1 aliphatic heterocycles. The highest BCUT2D eigenvalue weighted by molar-refractivity contribution is 5.97. The van der Waals surface area contributed by atoms with Gasteiger partial charge in [0.25, 0.3) is 5.91 Å². The molecule has 1 aliphatic rings. The Balaban J connectivity index is 1.88. The average Bonchev–Trinajstić information content (AvgIpc) is 2.67. The molecule has 2 rings (SSSR count). The van der Waals surface area contributed by atoms with Crippen LogP contribution in [0.15, 0.2) is 24.3 Å². The number of nitrogens with zero attached hydrogens (tertiary/aromatic N) is 1. The van der Waals surface area contributed by atoms with Crippen LogP contribution >= 0.6 is 0 Å². The Kier molecular flexibility index (Phi) is 8.03. The number of amides is 3. The maximum absolute atomic E-state index is 12.8. The molecule has 0 atom stereocenters. The Morgan fingerprint density at radius 3 is 2.39 bits per heavy atom. The van der Waals surface area contributed by atoms with Crippen LogP contribution in [0.5, 0.6) is 0 Å². The van der Waals surface area contributed by atoms with Gasteiger partial charge in [-0.05, 0) is 43.4 Å². The molecule has 0 saturated carbocycles. The number of carbonyl (C=O) groups excluding carboxylic acids is 3. The molecular weight excluding hydrogens is 354 g/mol. The van der Waals surface area contributed by atoms with Crippen molar-refractivity contribution in [3.05, 3.63) is 29.8 Å². The van der Waals surface area contributed by atoms with Crippen molar-refractivity contribution in [2.24, 2.45) is 17.8 Å². The first-order chi connectivity index (χ1) is 13.3. The van der Waals surface area contributed by atoms with E-state index in [9.17, 15) is 14.4 Å². The van der Waals surface area contributed by atoms with Gasteiger partial charge in [-0.1, -0.05) is 33.8 Å². The Morgan fingerprint density at radius 1 is 1.11 bits per heavy atom. The van der Waals surface area contributed by atoms with Crippen molar-refractivity contribution in [1.29, 1.82) is 0 Å². The van der Waals surface area contributed by atoms with E-state index in [1.807, 2.05) is 13.8 Å². The number of piperidine rings is 1. The Hall–Kier alpha value is -2.37. The Labute approximate surface area is 168 Å². The van der Waals surface area contributed by atoms with Crippen LogP contribution in [-0.2, 0) is 9.59 Å². The van der Waals surface area contributed by atoms with E-state index in [0.29, 0.717) is 49.6 Å². The molecule has 6 heteroatoms. The van der Waals surface area contributed by atoms with Crippen molar-refractivity contribution in [2.45, 2.75) is 47.0 Å². The van der Waals surface area contributed by atoms with Gasteiger partial charge < -0.3 is 15.5 Å². The second-order valence-corrected chi connectivity index (χ2v) is 8.26. The number of anilines is 1. The molecule has 6 nitrogen and oxygen atoms in total. The summed E-state index contributed by atoms with van der Waals surface area (Å²) in [7, 11) is 0. The van der Waals surface area contributed by atoms with Crippen molar-refractivity contribution in [3.8, 4) is 0 Å². The lowest BCUT2D eigenvalue weighted by atomic mass is 9.95. The van der Waals surface area contributed by atoms with Gasteiger partial charge in [-0.25, -0.2) is 0 Å². The lowest BCUT2D eigenvalue weighted by Crippen LogP contribution is -2.43. The molecule has 1 saturated heterocycles. The van der Waals surface area contributed by atoms with Crippen LogP contribution in [0.25, 0.3) is 0 Å². The molecule has 1 aromatic carbocycles. The molecule has 0 radical (unpaired) electrons. The van der Waals surface area contributed by atoms with Crippen molar-refractivity contribution < 1.29 is 14.4 Å². The zero-order valence-corrected chi connectivity index (χ0v) is 17.5. The fourth-order valence-electron chi connectivity index (χ4n) is 3.17. The summed E-state index contributed by atoms with van der Waals surface area (Å²) < 4.78 is 0. The zero-order valence-electron chi connectivity index (χ0n) is 17.5. The highest BCUT2D eigenvalue weighted by atomic mass is 16.2. The standard InChI is InChI=1S/C22H33N3O3/c1-15(2)8-11-23-21(27)17-9-12-25(13-10-17)22(28)18-6-5-7-19(14-18)24-20(26)16(3)4/h5-7,14-17H,8-13H2,1-4H3,(H,23,27)(H,24,26).